The van der Waals surface area contributed by atoms with Crippen molar-refractivity contribution in [2.24, 2.45) is 0 Å². The molecule has 7 nitrogen and oxygen atoms in total. The maximum Gasteiger partial charge on any atom is 0.357 e. The molecule has 0 aliphatic heterocycles. The highest BCUT2D eigenvalue weighted by atomic mass is 16.4. The minimum Gasteiger partial charge on any atom is -0.476 e. The lowest BCUT2D eigenvalue weighted by Crippen LogP contribution is -2.14. The average molecular weight is 338 g/mol. The number of aromatic amines is 2. The number of fused-ring (bicyclic) bond motifs is 3. The zero-order chi connectivity index (χ0) is 17.4. The first-order chi connectivity index (χ1) is 12.1. The van der Waals surface area contributed by atoms with E-state index < -0.39 is 5.97 Å². The van der Waals surface area contributed by atoms with Gasteiger partial charge in [-0.25, -0.2) is 4.79 Å². The zero-order valence-electron chi connectivity index (χ0n) is 13.6. The van der Waals surface area contributed by atoms with E-state index in [9.17, 15) is 14.7 Å². The number of carboxylic acids is 1. The van der Waals surface area contributed by atoms with Crippen molar-refractivity contribution in [1.29, 1.82) is 0 Å². The van der Waals surface area contributed by atoms with Gasteiger partial charge in [0, 0.05) is 17.8 Å². The molecule has 25 heavy (non-hydrogen) atoms. The number of H-pyrrole nitrogens is 2. The number of aromatic carboxylic acids is 1. The van der Waals surface area contributed by atoms with Gasteiger partial charge in [0.1, 0.15) is 0 Å². The summed E-state index contributed by atoms with van der Waals surface area (Å²) in [6, 6.07) is 10.2. The van der Waals surface area contributed by atoms with Crippen LogP contribution in [0.4, 0.5) is 0 Å². The number of hydrogen-bond donors (Lipinski definition) is 3. The van der Waals surface area contributed by atoms with Crippen LogP contribution >= 0.6 is 0 Å². The summed E-state index contributed by atoms with van der Waals surface area (Å²) < 4.78 is 1.79. The second-order valence-electron chi connectivity index (χ2n) is 6.22. The number of nitrogens with zero attached hydrogens (tertiary/aromatic N) is 2. The van der Waals surface area contributed by atoms with Crippen LogP contribution in [0.1, 0.15) is 33.7 Å². The Labute approximate surface area is 143 Å². The highest BCUT2D eigenvalue weighted by Crippen LogP contribution is 2.33. The fraction of sp³-hybridized carbons (Fsp3) is 0.278. The van der Waals surface area contributed by atoms with Gasteiger partial charge in [-0.3, -0.25) is 19.7 Å². The third-order valence-corrected chi connectivity index (χ3v) is 4.68. The summed E-state index contributed by atoms with van der Waals surface area (Å²) in [5.74, 6) is -1.08. The molecule has 0 atom stereocenters. The normalized spacial score (nSPS) is 12.6. The molecule has 0 amide bonds. The largest absolute Gasteiger partial charge is 0.476 e. The Balaban J connectivity index is 1.64. The van der Waals surface area contributed by atoms with Crippen molar-refractivity contribution in [3.63, 3.8) is 0 Å². The molecule has 2 aromatic heterocycles. The first-order valence-corrected chi connectivity index (χ1v) is 8.32. The zero-order valence-corrected chi connectivity index (χ0v) is 13.6. The van der Waals surface area contributed by atoms with Crippen LogP contribution in [0.25, 0.3) is 11.3 Å². The van der Waals surface area contributed by atoms with Gasteiger partial charge in [0.15, 0.2) is 5.69 Å². The molecule has 3 N–H and O–H groups in total. The summed E-state index contributed by atoms with van der Waals surface area (Å²) in [5, 5.41) is 19.2. The second kappa shape index (κ2) is 6.08. The highest BCUT2D eigenvalue weighted by Gasteiger charge is 2.30. The summed E-state index contributed by atoms with van der Waals surface area (Å²) >= 11 is 0. The highest BCUT2D eigenvalue weighted by molar-refractivity contribution is 5.95. The van der Waals surface area contributed by atoms with Crippen LogP contribution in [0.3, 0.4) is 0 Å². The van der Waals surface area contributed by atoms with E-state index >= 15 is 0 Å². The second-order valence-corrected chi connectivity index (χ2v) is 6.22. The van der Waals surface area contributed by atoms with Crippen molar-refractivity contribution in [2.75, 3.05) is 0 Å². The fourth-order valence-corrected chi connectivity index (χ4v) is 3.50. The molecule has 1 aromatic carbocycles. The summed E-state index contributed by atoms with van der Waals surface area (Å²) in [6.07, 6.45) is 2.98. The van der Waals surface area contributed by atoms with Crippen LogP contribution in [0, 0.1) is 0 Å². The molecular weight excluding hydrogens is 320 g/mol. The molecule has 1 aliphatic rings. The standard InChI is InChI=1S/C18H18N4O3/c23-17-12-8-9-13-14(15(12)19-20-17)16(18(24)25)21-22(13)10-4-7-11-5-2-1-3-6-11/h1-3,5-6H,4,7-10H2,(H,24,25)(H2,19,20,23). The number of nitrogens with one attached hydrogen (secondary N) is 2. The molecule has 0 saturated carbocycles. The van der Waals surface area contributed by atoms with E-state index in [1.807, 2.05) is 18.2 Å². The molecule has 128 valence electrons. The SMILES string of the molecule is O=C(O)c1nn(CCCc2ccccc2)c2c1-c1[nH][nH]c(=O)c1CC2. The maximum atomic E-state index is 11.8. The predicted octanol–water partition coefficient (Wildman–Crippen LogP) is 2.00. The van der Waals surface area contributed by atoms with Crippen LogP contribution in [0.5, 0.6) is 0 Å². The van der Waals surface area contributed by atoms with E-state index in [4.69, 9.17) is 0 Å². The van der Waals surface area contributed by atoms with Gasteiger partial charge in [-0.1, -0.05) is 30.3 Å². The van der Waals surface area contributed by atoms with Crippen LogP contribution in [0.2, 0.25) is 0 Å². The minimum atomic E-state index is -1.08. The van der Waals surface area contributed by atoms with E-state index in [2.05, 4.69) is 27.4 Å². The quantitative estimate of drug-likeness (QED) is 0.662. The Hall–Kier alpha value is -3.09. The Morgan fingerprint density at radius 3 is 2.76 bits per heavy atom. The van der Waals surface area contributed by atoms with E-state index in [0.29, 0.717) is 36.2 Å². The summed E-state index contributed by atoms with van der Waals surface area (Å²) in [6.45, 7) is 0.647. The summed E-state index contributed by atoms with van der Waals surface area (Å²) in [5.41, 5.74) is 3.68. The Kier molecular flexibility index (Phi) is 3.76. The molecule has 7 heteroatoms. The Morgan fingerprint density at radius 1 is 1.20 bits per heavy atom. The first-order valence-electron chi connectivity index (χ1n) is 8.32. The molecule has 0 unspecified atom stereocenters. The number of benzene rings is 1. The summed E-state index contributed by atoms with van der Waals surface area (Å²) in [7, 11) is 0. The maximum absolute atomic E-state index is 11.8. The number of rotatable bonds is 5. The number of carboxylic acid groups (broad SMARTS) is 1. The van der Waals surface area contributed by atoms with Crippen molar-refractivity contribution in [3.8, 4) is 11.3 Å². The molecule has 4 rings (SSSR count). The van der Waals surface area contributed by atoms with Gasteiger partial charge < -0.3 is 5.11 Å². The lowest BCUT2D eigenvalue weighted by molar-refractivity contribution is 0.0690. The molecule has 0 spiro atoms. The van der Waals surface area contributed by atoms with Crippen LogP contribution in [-0.2, 0) is 25.8 Å². The average Bonchev–Trinajstić information content (AvgIpc) is 3.17. The van der Waals surface area contributed by atoms with Crippen molar-refractivity contribution in [3.05, 3.63) is 63.2 Å². The number of hydrogen-bond acceptors (Lipinski definition) is 3. The predicted molar refractivity (Wildman–Crippen MR) is 91.8 cm³/mol. The van der Waals surface area contributed by atoms with Crippen LogP contribution in [0.15, 0.2) is 35.1 Å². The molecular formula is C18H18N4O3. The first kappa shape index (κ1) is 15.4. The van der Waals surface area contributed by atoms with Crippen molar-refractivity contribution in [2.45, 2.75) is 32.2 Å². The topological polar surface area (TPSA) is 104 Å². The van der Waals surface area contributed by atoms with Gasteiger partial charge in [-0.05, 0) is 31.2 Å². The van der Waals surface area contributed by atoms with Crippen molar-refractivity contribution in [1.82, 2.24) is 20.0 Å². The van der Waals surface area contributed by atoms with Crippen LogP contribution in [-0.4, -0.2) is 31.1 Å². The van der Waals surface area contributed by atoms with Gasteiger partial charge in [-0.15, -0.1) is 0 Å². The number of aromatic nitrogens is 4. The number of carbonyl (C=O) groups is 1. The molecule has 0 bridgehead atoms. The summed E-state index contributed by atoms with van der Waals surface area (Å²) in [4.78, 5) is 23.4. The van der Waals surface area contributed by atoms with E-state index in [-0.39, 0.29) is 11.3 Å². The van der Waals surface area contributed by atoms with E-state index in [0.717, 1.165) is 18.5 Å². The molecule has 2 heterocycles. The molecule has 0 fully saturated rings. The molecule has 3 aromatic rings. The lowest BCUT2D eigenvalue weighted by atomic mass is 9.93. The van der Waals surface area contributed by atoms with Gasteiger partial charge in [-0.2, -0.15) is 5.10 Å². The van der Waals surface area contributed by atoms with Gasteiger partial charge in [0.05, 0.1) is 11.3 Å². The van der Waals surface area contributed by atoms with Gasteiger partial charge in [0.2, 0.25) is 0 Å². The molecule has 0 saturated heterocycles. The lowest BCUT2D eigenvalue weighted by Gasteiger charge is -2.14. The Morgan fingerprint density at radius 2 is 2.00 bits per heavy atom. The third-order valence-electron chi connectivity index (χ3n) is 4.68. The monoisotopic (exact) mass is 338 g/mol. The van der Waals surface area contributed by atoms with Crippen LogP contribution < -0.4 is 5.56 Å². The van der Waals surface area contributed by atoms with E-state index in [1.165, 1.54) is 5.56 Å². The third kappa shape index (κ3) is 2.67. The van der Waals surface area contributed by atoms with E-state index in [1.54, 1.807) is 4.68 Å². The molecule has 0 radical (unpaired) electrons. The fourth-order valence-electron chi connectivity index (χ4n) is 3.50. The van der Waals surface area contributed by atoms with Gasteiger partial charge >= 0.3 is 5.97 Å². The van der Waals surface area contributed by atoms with Crippen molar-refractivity contribution >= 4 is 5.97 Å². The smallest absolute Gasteiger partial charge is 0.357 e. The minimum absolute atomic E-state index is 0.00547. The van der Waals surface area contributed by atoms with Crippen molar-refractivity contribution < 1.29 is 9.90 Å². The van der Waals surface area contributed by atoms with Gasteiger partial charge in [0.25, 0.3) is 5.56 Å². The molecule has 1 aliphatic carbocycles. The Bertz CT molecular complexity index is 982. The number of aryl methyl sites for hydroxylation is 2.